The summed E-state index contributed by atoms with van der Waals surface area (Å²) in [6.45, 7) is 0.735. The predicted molar refractivity (Wildman–Crippen MR) is 55.5 cm³/mol. The van der Waals surface area contributed by atoms with Gasteiger partial charge in [-0.05, 0) is 34.8 Å². The lowest BCUT2D eigenvalue weighted by Crippen LogP contribution is -2.43. The van der Waals surface area contributed by atoms with E-state index < -0.39 is 0 Å². The zero-order valence-electron chi connectivity index (χ0n) is 7.76. The van der Waals surface area contributed by atoms with E-state index in [2.05, 4.69) is 27.1 Å². The van der Waals surface area contributed by atoms with Crippen LogP contribution in [0.5, 0.6) is 0 Å². The Bertz CT molecular complexity index is 309. The summed E-state index contributed by atoms with van der Waals surface area (Å²) in [5.74, 6) is 0. The van der Waals surface area contributed by atoms with Crippen molar-refractivity contribution in [3.05, 3.63) is 16.4 Å². The maximum Gasteiger partial charge on any atom is 0.128 e. The second kappa shape index (κ2) is 3.10. The lowest BCUT2D eigenvalue weighted by molar-refractivity contribution is 0.237. The van der Waals surface area contributed by atoms with Crippen molar-refractivity contribution in [1.29, 1.82) is 0 Å². The number of hydrogen-bond acceptors (Lipinski definition) is 2. The van der Waals surface area contributed by atoms with Crippen molar-refractivity contribution >= 4 is 15.9 Å². The van der Waals surface area contributed by atoms with Gasteiger partial charge in [0.1, 0.15) is 4.60 Å². The zero-order chi connectivity index (χ0) is 9.47. The van der Waals surface area contributed by atoms with E-state index in [1.807, 2.05) is 11.7 Å². The predicted octanol–water partition coefficient (Wildman–Crippen LogP) is 1.56. The average molecular weight is 244 g/mol. The molecule has 13 heavy (non-hydrogen) atoms. The monoisotopic (exact) mass is 243 g/mol. The highest BCUT2D eigenvalue weighted by molar-refractivity contribution is 9.10. The average Bonchev–Trinajstić information content (AvgIpc) is 2.30. The molecule has 0 aliphatic heterocycles. The van der Waals surface area contributed by atoms with Crippen LogP contribution >= 0.6 is 15.9 Å². The van der Waals surface area contributed by atoms with Crippen LogP contribution in [0.25, 0.3) is 0 Å². The molecule has 0 saturated heterocycles. The van der Waals surface area contributed by atoms with Crippen LogP contribution in [0.4, 0.5) is 0 Å². The molecule has 1 saturated carbocycles. The van der Waals surface area contributed by atoms with Crippen molar-refractivity contribution in [2.75, 3.05) is 6.54 Å². The summed E-state index contributed by atoms with van der Waals surface area (Å²) in [7, 11) is 1.98. The van der Waals surface area contributed by atoms with E-state index >= 15 is 0 Å². The second-order valence-corrected chi connectivity index (χ2v) is 4.63. The molecule has 0 radical (unpaired) electrons. The zero-order valence-corrected chi connectivity index (χ0v) is 9.34. The van der Waals surface area contributed by atoms with Crippen molar-refractivity contribution in [1.82, 2.24) is 9.78 Å². The molecular formula is C9H14BrN3. The Morgan fingerprint density at radius 3 is 2.69 bits per heavy atom. The van der Waals surface area contributed by atoms with Gasteiger partial charge in [0, 0.05) is 24.7 Å². The molecule has 1 aliphatic rings. The molecule has 72 valence electrons. The van der Waals surface area contributed by atoms with E-state index in [-0.39, 0.29) is 5.41 Å². The van der Waals surface area contributed by atoms with E-state index in [0.717, 1.165) is 11.1 Å². The first kappa shape index (κ1) is 9.21. The fourth-order valence-corrected chi connectivity index (χ4v) is 2.55. The molecule has 0 atom stereocenters. The topological polar surface area (TPSA) is 43.8 Å². The van der Waals surface area contributed by atoms with E-state index in [4.69, 9.17) is 5.73 Å². The Kier molecular flexibility index (Phi) is 2.20. The number of aromatic nitrogens is 2. The molecule has 1 aromatic heterocycles. The fraction of sp³-hybridized carbons (Fsp3) is 0.667. The van der Waals surface area contributed by atoms with Gasteiger partial charge in [0.2, 0.25) is 0 Å². The third-order valence-corrected chi connectivity index (χ3v) is 3.48. The van der Waals surface area contributed by atoms with Crippen molar-refractivity contribution in [2.45, 2.75) is 24.7 Å². The molecule has 0 aromatic carbocycles. The molecule has 2 rings (SSSR count). The van der Waals surface area contributed by atoms with Crippen LogP contribution in [0, 0.1) is 0 Å². The quantitative estimate of drug-likeness (QED) is 0.858. The summed E-state index contributed by atoms with van der Waals surface area (Å²) < 4.78 is 2.85. The minimum atomic E-state index is 0.216. The molecule has 2 N–H and O–H groups in total. The molecule has 3 nitrogen and oxygen atoms in total. The van der Waals surface area contributed by atoms with Crippen molar-refractivity contribution in [3.8, 4) is 0 Å². The van der Waals surface area contributed by atoms with Gasteiger partial charge in [-0.2, -0.15) is 5.10 Å². The van der Waals surface area contributed by atoms with Crippen molar-refractivity contribution < 1.29 is 0 Å². The maximum atomic E-state index is 5.82. The van der Waals surface area contributed by atoms with E-state index in [1.165, 1.54) is 25.0 Å². The van der Waals surface area contributed by atoms with Gasteiger partial charge in [0.05, 0.1) is 0 Å². The highest BCUT2D eigenvalue weighted by Gasteiger charge is 2.39. The third-order valence-electron chi connectivity index (χ3n) is 3.09. The molecule has 4 heteroatoms. The number of halogens is 1. The lowest BCUT2D eigenvalue weighted by atomic mass is 9.66. The maximum absolute atomic E-state index is 5.82. The molecular weight excluding hydrogens is 230 g/mol. The van der Waals surface area contributed by atoms with Gasteiger partial charge in [-0.25, -0.2) is 0 Å². The fourth-order valence-electron chi connectivity index (χ4n) is 2.10. The summed E-state index contributed by atoms with van der Waals surface area (Å²) in [6.07, 6.45) is 3.70. The molecule has 1 aromatic rings. The minimum absolute atomic E-state index is 0.216. The van der Waals surface area contributed by atoms with E-state index in [0.29, 0.717) is 0 Å². The number of rotatable bonds is 2. The Morgan fingerprint density at radius 1 is 1.69 bits per heavy atom. The van der Waals surface area contributed by atoms with Crippen LogP contribution in [0.15, 0.2) is 10.7 Å². The van der Waals surface area contributed by atoms with Crippen LogP contribution in [-0.2, 0) is 12.5 Å². The molecule has 0 bridgehead atoms. The summed E-state index contributed by atoms with van der Waals surface area (Å²) in [5.41, 5.74) is 7.31. The highest BCUT2D eigenvalue weighted by Crippen LogP contribution is 2.43. The van der Waals surface area contributed by atoms with E-state index in [9.17, 15) is 0 Å². The Hall–Kier alpha value is -0.350. The van der Waals surface area contributed by atoms with Gasteiger partial charge in [-0.3, -0.25) is 4.68 Å². The molecule has 1 fully saturated rings. The van der Waals surface area contributed by atoms with Crippen LogP contribution in [0.2, 0.25) is 0 Å². The van der Waals surface area contributed by atoms with Crippen molar-refractivity contribution in [3.63, 3.8) is 0 Å². The Balaban J connectivity index is 2.37. The standard InChI is InChI=1S/C9H14BrN3/c1-13-7(5-8(10)12-13)9(6-11)3-2-4-9/h5H,2-4,6,11H2,1H3. The molecule has 1 heterocycles. The third kappa shape index (κ3) is 1.32. The molecule has 0 unspecified atom stereocenters. The summed E-state index contributed by atoms with van der Waals surface area (Å²) in [4.78, 5) is 0. The SMILES string of the molecule is Cn1nc(Br)cc1C1(CN)CCC1. The summed E-state index contributed by atoms with van der Waals surface area (Å²) in [5, 5.41) is 4.28. The summed E-state index contributed by atoms with van der Waals surface area (Å²) in [6, 6.07) is 2.09. The van der Waals surface area contributed by atoms with Gasteiger partial charge < -0.3 is 5.73 Å². The van der Waals surface area contributed by atoms with Gasteiger partial charge in [-0.1, -0.05) is 6.42 Å². The number of nitrogens with zero attached hydrogens (tertiary/aromatic N) is 2. The lowest BCUT2D eigenvalue weighted by Gasteiger charge is -2.40. The van der Waals surface area contributed by atoms with Crippen LogP contribution in [0.1, 0.15) is 25.0 Å². The Morgan fingerprint density at radius 2 is 2.38 bits per heavy atom. The van der Waals surface area contributed by atoms with E-state index in [1.54, 1.807) is 0 Å². The van der Waals surface area contributed by atoms with Gasteiger partial charge in [0.25, 0.3) is 0 Å². The number of hydrogen-bond donors (Lipinski definition) is 1. The molecule has 0 spiro atoms. The van der Waals surface area contributed by atoms with Crippen LogP contribution in [0.3, 0.4) is 0 Å². The Labute approximate surface area is 86.4 Å². The highest BCUT2D eigenvalue weighted by atomic mass is 79.9. The molecule has 1 aliphatic carbocycles. The van der Waals surface area contributed by atoms with Gasteiger partial charge in [0.15, 0.2) is 0 Å². The van der Waals surface area contributed by atoms with Crippen molar-refractivity contribution in [2.24, 2.45) is 12.8 Å². The minimum Gasteiger partial charge on any atom is -0.330 e. The largest absolute Gasteiger partial charge is 0.330 e. The first-order valence-corrected chi connectivity index (χ1v) is 5.37. The normalized spacial score (nSPS) is 19.9. The first-order valence-electron chi connectivity index (χ1n) is 4.58. The van der Waals surface area contributed by atoms with Crippen LogP contribution < -0.4 is 5.73 Å². The van der Waals surface area contributed by atoms with Crippen LogP contribution in [-0.4, -0.2) is 16.3 Å². The first-order chi connectivity index (χ1) is 6.18. The smallest absolute Gasteiger partial charge is 0.128 e. The number of aryl methyl sites for hydroxylation is 1. The van der Waals surface area contributed by atoms with Gasteiger partial charge in [-0.15, -0.1) is 0 Å². The second-order valence-electron chi connectivity index (χ2n) is 3.81. The number of nitrogens with two attached hydrogens (primary N) is 1. The van der Waals surface area contributed by atoms with Gasteiger partial charge >= 0.3 is 0 Å². The summed E-state index contributed by atoms with van der Waals surface area (Å²) >= 11 is 3.39. The molecule has 0 amide bonds.